The number of halogens is 2. The molecule has 4 aliphatic heterocycles. The fourth-order valence-corrected chi connectivity index (χ4v) is 18.7. The number of nitrogens with zero attached hydrogens (tertiary/aromatic N) is 24. The highest BCUT2D eigenvalue weighted by atomic mass is 35.5. The summed E-state index contributed by atoms with van der Waals surface area (Å²) in [6.45, 7) is 10.1. The van der Waals surface area contributed by atoms with Crippen molar-refractivity contribution in [3.63, 3.8) is 0 Å². The molecule has 42 heteroatoms. The maximum absolute atomic E-state index is 12.1. The second-order valence-corrected chi connectivity index (χ2v) is 36.0. The Kier molecular flexibility index (Phi) is 20.3. The van der Waals surface area contributed by atoms with E-state index in [0.29, 0.717) is 38.2 Å². The Bertz CT molecular complexity index is 6000. The first-order chi connectivity index (χ1) is 51.2. The predicted octanol–water partition coefficient (Wildman–Crippen LogP) is 5.94. The first-order valence-corrected chi connectivity index (χ1v) is 40.5. The maximum Gasteiger partial charge on any atom is 0.213 e. The van der Waals surface area contributed by atoms with Gasteiger partial charge in [0.2, 0.25) is 40.1 Å². The van der Waals surface area contributed by atoms with Crippen LogP contribution < -0.4 is 0 Å². The van der Waals surface area contributed by atoms with Gasteiger partial charge >= 0.3 is 0 Å². The number of hydrogen-bond donors (Lipinski definition) is 4. The minimum absolute atomic E-state index is 0.0326. The molecule has 4 N–H and O–H groups in total. The lowest BCUT2D eigenvalue weighted by atomic mass is 9.80. The Morgan fingerprint density at radius 2 is 0.804 bits per heavy atom. The molecule has 16 heterocycles. The fourth-order valence-electron chi connectivity index (χ4n) is 13.4. The van der Waals surface area contributed by atoms with Crippen LogP contribution in [0.3, 0.4) is 0 Å². The molecule has 1 atom stereocenters. The second kappa shape index (κ2) is 29.0. The molecule has 4 fully saturated rings. The molecule has 554 valence electrons. The quantitative estimate of drug-likeness (QED) is 0.0686. The van der Waals surface area contributed by atoms with E-state index in [1.165, 1.54) is 42.5 Å². The van der Waals surface area contributed by atoms with Crippen molar-refractivity contribution in [1.82, 2.24) is 116 Å². The van der Waals surface area contributed by atoms with Gasteiger partial charge in [-0.3, -0.25) is 18.7 Å². The summed E-state index contributed by atoms with van der Waals surface area (Å²) in [7, 11) is -13.1. The number of sulfonamides is 4. The van der Waals surface area contributed by atoms with Crippen LogP contribution in [0.1, 0.15) is 53.9 Å². The van der Waals surface area contributed by atoms with Crippen LogP contribution in [0, 0.1) is 51.2 Å². The topological polar surface area (TPSA) is 482 Å². The molecular formula is C65H68Cl2N28O8S4. The summed E-state index contributed by atoms with van der Waals surface area (Å²) in [5.41, 5.74) is 5.87. The number of fused-ring (bicyclic) bond motifs is 4. The van der Waals surface area contributed by atoms with E-state index in [1.54, 1.807) is 115 Å². The molecule has 36 nitrogen and oxygen atoms in total. The van der Waals surface area contributed by atoms with Gasteiger partial charge in [-0.05, 0) is 52.8 Å². The molecule has 0 saturated carbocycles. The number of nitrogens with one attached hydrogen (secondary N) is 4. The van der Waals surface area contributed by atoms with Gasteiger partial charge in [0.05, 0.1) is 130 Å². The maximum atomic E-state index is 12.1. The molecule has 107 heavy (non-hydrogen) atoms. The Labute approximate surface area is 622 Å². The molecule has 0 spiro atoms. The van der Waals surface area contributed by atoms with E-state index in [4.69, 9.17) is 23.2 Å². The Morgan fingerprint density at radius 3 is 1.20 bits per heavy atom. The van der Waals surface area contributed by atoms with E-state index in [-0.39, 0.29) is 94.6 Å². The van der Waals surface area contributed by atoms with E-state index in [1.807, 2.05) is 24.5 Å². The summed E-state index contributed by atoms with van der Waals surface area (Å²) in [6.07, 6.45) is 25.5. The lowest BCUT2D eigenvalue weighted by Crippen LogP contribution is -2.67. The normalized spacial score (nSPS) is 17.3. The second-order valence-electron chi connectivity index (χ2n) is 26.1. The number of rotatable bonds is 20. The highest BCUT2D eigenvalue weighted by molar-refractivity contribution is 7.89. The van der Waals surface area contributed by atoms with Crippen molar-refractivity contribution < 1.29 is 33.7 Å². The molecule has 4 aliphatic rings. The molecular weight excluding hydrogens is 1500 g/mol. The molecule has 1 unspecified atom stereocenters. The molecule has 0 aromatic carbocycles. The average Bonchev–Trinajstić information content (AvgIpc) is 1.73. The van der Waals surface area contributed by atoms with Gasteiger partial charge in [0.15, 0.2) is 0 Å². The minimum atomic E-state index is -3.29. The van der Waals surface area contributed by atoms with Crippen molar-refractivity contribution in [2.24, 2.45) is 5.92 Å². The third-order valence-corrected chi connectivity index (χ3v) is 27.4. The summed E-state index contributed by atoms with van der Waals surface area (Å²) in [4.78, 5) is 46.1. The predicted molar refractivity (Wildman–Crippen MR) is 392 cm³/mol. The smallest absolute Gasteiger partial charge is 0.213 e. The summed E-state index contributed by atoms with van der Waals surface area (Å²) < 4.78 is 109. The van der Waals surface area contributed by atoms with Gasteiger partial charge in [0.1, 0.15) is 75.2 Å². The van der Waals surface area contributed by atoms with E-state index in [0.717, 1.165) is 61.1 Å². The molecule has 0 aliphatic carbocycles. The summed E-state index contributed by atoms with van der Waals surface area (Å²) in [6, 6.07) is 14.3. The van der Waals surface area contributed by atoms with Crippen LogP contribution >= 0.6 is 23.2 Å². The monoisotopic (exact) mass is 1570 g/mol. The first-order valence-electron chi connectivity index (χ1n) is 33.4. The molecule has 0 radical (unpaired) electrons. The van der Waals surface area contributed by atoms with Crippen molar-refractivity contribution in [3.8, 4) is 69.3 Å². The first kappa shape index (κ1) is 74.8. The van der Waals surface area contributed by atoms with Crippen molar-refractivity contribution in [2.75, 3.05) is 75.4 Å². The number of H-pyrrole nitrogens is 4. The molecule has 16 rings (SSSR count). The number of nitriles is 4. The standard InChI is InChI=1S/C17H19N7O2S.2C16H16ClN7O2S.C16H17N7O2S/c1-3-27(25,26)23-9-17(10-23,12(2)6-18)24-8-13(7-22-24)15-14-4-5-19-16(14)21-11-20-15;1-2-27(25,26)23-8-16(9-23,3-4-18)24-7-11(6-21-24)14-12-5-13(17)22-15(12)20-10-19-14;1-2-27(25,26)23-8-16(9-23,3-4-18)24-7-11(5-22-24)14-13-12(17)6-19-15(13)21-10-20-14;1-2-26(24,25)22-9-16(10-22,4-5-17)23-8-12(7-21-23)14-13-3-6-18-15(13)20-11-19-14/h4-5,7-8,11-12H,3,9-10H2,1-2H3,(H,19,20,21);5-7,10H,2-3,8-9H2,1H3,(H,19,20,22);5-7,10H,2-3,8-9H2,1H3,(H,19,20,21);3,6-8,11H,2,4,9-10H2,1H3,(H,18,19,20). The van der Waals surface area contributed by atoms with E-state index in [9.17, 15) is 54.7 Å². The van der Waals surface area contributed by atoms with Crippen molar-refractivity contribution in [3.05, 3.63) is 122 Å². The molecule has 12 aromatic rings. The molecule has 0 amide bonds. The van der Waals surface area contributed by atoms with E-state index >= 15 is 0 Å². The summed E-state index contributed by atoms with van der Waals surface area (Å²) >= 11 is 12.3. The van der Waals surface area contributed by atoms with Gasteiger partial charge in [-0.25, -0.2) is 73.5 Å². The van der Waals surface area contributed by atoms with Crippen LogP contribution in [0.4, 0.5) is 0 Å². The van der Waals surface area contributed by atoms with Crippen molar-refractivity contribution in [1.29, 1.82) is 21.0 Å². The van der Waals surface area contributed by atoms with Crippen LogP contribution in [0.2, 0.25) is 10.2 Å². The van der Waals surface area contributed by atoms with Gasteiger partial charge in [-0.1, -0.05) is 23.2 Å². The zero-order valence-electron chi connectivity index (χ0n) is 58.0. The fraction of sp³-hybridized carbons (Fsp3) is 0.385. The number of aromatic amines is 4. The highest BCUT2D eigenvalue weighted by Gasteiger charge is 2.55. The lowest BCUT2D eigenvalue weighted by Gasteiger charge is -2.50. The van der Waals surface area contributed by atoms with Crippen LogP contribution in [0.25, 0.3) is 89.2 Å². The van der Waals surface area contributed by atoms with Crippen molar-refractivity contribution >= 4 is 107 Å². The van der Waals surface area contributed by atoms with Crippen LogP contribution in [-0.2, 0) is 62.2 Å². The van der Waals surface area contributed by atoms with Gasteiger partial charge in [-0.2, -0.15) is 58.7 Å². The summed E-state index contributed by atoms with van der Waals surface area (Å²) in [5, 5.41) is 59.1. The van der Waals surface area contributed by atoms with E-state index < -0.39 is 68.2 Å². The third kappa shape index (κ3) is 13.7. The largest absolute Gasteiger partial charge is 0.346 e. The van der Waals surface area contributed by atoms with Gasteiger partial charge < -0.3 is 19.9 Å². The number of hydrogen-bond acceptors (Lipinski definition) is 24. The van der Waals surface area contributed by atoms with Crippen LogP contribution in [0.15, 0.2) is 112 Å². The van der Waals surface area contributed by atoms with Gasteiger partial charge in [0.25, 0.3) is 0 Å². The zero-order chi connectivity index (χ0) is 76.1. The van der Waals surface area contributed by atoms with Gasteiger partial charge in [-0.15, -0.1) is 0 Å². The highest BCUT2D eigenvalue weighted by Crippen LogP contribution is 2.42. The van der Waals surface area contributed by atoms with Crippen LogP contribution in [0.5, 0.6) is 0 Å². The van der Waals surface area contributed by atoms with E-state index in [2.05, 4.69) is 104 Å². The Balaban J connectivity index is 0.000000126. The lowest BCUT2D eigenvalue weighted by molar-refractivity contribution is 0.0357. The number of aromatic nitrogens is 20. The summed E-state index contributed by atoms with van der Waals surface area (Å²) in [5.74, 6) is -0.239. The zero-order valence-corrected chi connectivity index (χ0v) is 62.7. The van der Waals surface area contributed by atoms with Crippen molar-refractivity contribution in [2.45, 2.75) is 76.0 Å². The Hall–Kier alpha value is -10.5. The third-order valence-electron chi connectivity index (χ3n) is 19.8. The minimum Gasteiger partial charge on any atom is -0.346 e. The molecule has 0 bridgehead atoms. The van der Waals surface area contributed by atoms with Crippen LogP contribution in [-0.4, -0.2) is 225 Å². The Morgan fingerprint density at radius 1 is 0.458 bits per heavy atom. The SMILES string of the molecule is CCS(=O)(=O)N1CC(C(C)C#N)(n2cc(-c3ncnc4[nH]ccc34)cn2)C1.CCS(=O)(=O)N1CC(CC#N)(n2cc(-c3ncnc4[nH]c(Cl)cc34)cn2)C1.CCS(=O)(=O)N1CC(CC#N)(n2cc(-c3ncnc4[nH]cc(Cl)c34)cn2)C1.CCS(=O)(=O)N1CC(CC#N)(n2cc(-c3ncnc4[nH]ccc34)cn2)C1. The van der Waals surface area contributed by atoms with Gasteiger partial charge in [0, 0.05) is 134 Å². The average molecular weight is 1570 g/mol. The molecule has 4 saturated heterocycles. The molecule has 12 aromatic heterocycles.